The molecule has 9 heteroatoms. The second kappa shape index (κ2) is 15.0. The summed E-state index contributed by atoms with van der Waals surface area (Å²) in [5.74, 6) is -1.77. The maximum atomic E-state index is 12.3. The van der Waals surface area contributed by atoms with Crippen molar-refractivity contribution in [1.82, 2.24) is 0 Å². The number of unbranched alkanes of at least 4 members (excludes halogenated alkanes) is 2. The highest BCUT2D eigenvalue weighted by Gasteiger charge is 2.20. The Hall–Kier alpha value is -2.94. The van der Waals surface area contributed by atoms with Crippen LogP contribution in [0.4, 0.5) is 0 Å². The third-order valence-corrected chi connectivity index (χ3v) is 4.57. The van der Waals surface area contributed by atoms with E-state index in [9.17, 15) is 19.2 Å². The van der Waals surface area contributed by atoms with Gasteiger partial charge in [-0.15, -0.1) is 0 Å². The van der Waals surface area contributed by atoms with Crippen LogP contribution in [0.3, 0.4) is 0 Å². The molecule has 0 unspecified atom stereocenters. The van der Waals surface area contributed by atoms with Gasteiger partial charge < -0.3 is 24.7 Å². The van der Waals surface area contributed by atoms with Crippen LogP contribution in [0.25, 0.3) is 0 Å². The van der Waals surface area contributed by atoms with Crippen molar-refractivity contribution < 1.29 is 38.1 Å². The summed E-state index contributed by atoms with van der Waals surface area (Å²) in [5.41, 5.74) is 6.55. The van der Waals surface area contributed by atoms with Crippen LogP contribution >= 0.6 is 0 Å². The number of carbonyl (C=O) groups excluding carboxylic acids is 4. The molecule has 9 nitrogen and oxygen atoms in total. The van der Waals surface area contributed by atoms with E-state index < -0.39 is 30.1 Å². The number of hydrogen-bond acceptors (Lipinski definition) is 9. The van der Waals surface area contributed by atoms with Gasteiger partial charge in [-0.3, -0.25) is 19.2 Å². The van der Waals surface area contributed by atoms with E-state index >= 15 is 0 Å². The summed E-state index contributed by atoms with van der Waals surface area (Å²) in [6.07, 6.45) is 2.87. The molecule has 0 aliphatic carbocycles. The molecule has 0 bridgehead atoms. The van der Waals surface area contributed by atoms with Gasteiger partial charge in [0.25, 0.3) is 0 Å². The Bertz CT molecular complexity index is 808. The molecule has 0 spiro atoms. The molecule has 0 aromatic heterocycles. The number of hydrogen-bond donors (Lipinski definition) is 1. The van der Waals surface area contributed by atoms with E-state index in [-0.39, 0.29) is 43.3 Å². The van der Waals surface area contributed by atoms with Crippen molar-refractivity contribution in [2.75, 3.05) is 6.61 Å². The Labute approximate surface area is 194 Å². The second-order valence-corrected chi connectivity index (χ2v) is 7.63. The molecule has 0 aliphatic rings. The van der Waals surface area contributed by atoms with Crippen molar-refractivity contribution in [2.24, 2.45) is 5.73 Å². The largest absolute Gasteiger partial charge is 0.461 e. The van der Waals surface area contributed by atoms with Crippen LogP contribution in [0.1, 0.15) is 71.8 Å². The lowest BCUT2D eigenvalue weighted by molar-refractivity contribution is -0.158. The van der Waals surface area contributed by atoms with Gasteiger partial charge >= 0.3 is 23.9 Å². The second-order valence-electron chi connectivity index (χ2n) is 7.63. The predicted molar refractivity (Wildman–Crippen MR) is 121 cm³/mol. The lowest BCUT2D eigenvalue weighted by Crippen LogP contribution is -2.36. The summed E-state index contributed by atoms with van der Waals surface area (Å²) in [4.78, 5) is 47.4. The van der Waals surface area contributed by atoms with Crippen molar-refractivity contribution in [3.05, 3.63) is 23.8 Å². The number of nitrogens with two attached hydrogens (primary N) is 1. The molecular weight excluding hydrogens is 430 g/mol. The third kappa shape index (κ3) is 11.0. The highest BCUT2D eigenvalue weighted by Crippen LogP contribution is 2.30. The number of benzene rings is 1. The number of carbonyl (C=O) groups is 4. The molecule has 0 saturated carbocycles. The van der Waals surface area contributed by atoms with Crippen molar-refractivity contribution in [2.45, 2.75) is 84.8 Å². The monoisotopic (exact) mass is 465 g/mol. The van der Waals surface area contributed by atoms with Gasteiger partial charge in [-0.05, 0) is 37.5 Å². The van der Waals surface area contributed by atoms with E-state index in [1.807, 2.05) is 6.92 Å². The molecule has 2 atom stereocenters. The highest BCUT2D eigenvalue weighted by molar-refractivity contribution is 5.77. The fourth-order valence-corrected chi connectivity index (χ4v) is 2.71. The van der Waals surface area contributed by atoms with Gasteiger partial charge in [-0.25, -0.2) is 0 Å². The van der Waals surface area contributed by atoms with E-state index in [1.54, 1.807) is 26.8 Å². The van der Waals surface area contributed by atoms with Crippen LogP contribution in [0.2, 0.25) is 0 Å². The zero-order chi connectivity index (χ0) is 24.8. The Morgan fingerprint density at radius 1 is 0.909 bits per heavy atom. The lowest BCUT2D eigenvalue weighted by Gasteiger charge is -2.17. The molecule has 1 rings (SSSR count). The van der Waals surface area contributed by atoms with E-state index in [4.69, 9.17) is 24.7 Å². The standard InChI is InChI=1S/C24H35NO8/c1-5-8-9-10-23(28)31-16(4)15-30-24(29)18(25)13-17-11-12-19(32-21(26)6-2)20(14-17)33-22(27)7-3/h11-12,14,16,18H,5-10,13,15,25H2,1-4H3/t16-,18-/m0/s1. The van der Waals surface area contributed by atoms with Crippen LogP contribution in [-0.4, -0.2) is 42.6 Å². The maximum absolute atomic E-state index is 12.3. The van der Waals surface area contributed by atoms with E-state index in [0.29, 0.717) is 12.0 Å². The average molecular weight is 466 g/mol. The minimum atomic E-state index is -0.990. The molecule has 184 valence electrons. The first-order chi connectivity index (χ1) is 15.7. The van der Waals surface area contributed by atoms with Gasteiger partial charge in [0.1, 0.15) is 18.8 Å². The Balaban J connectivity index is 2.67. The first-order valence-electron chi connectivity index (χ1n) is 11.4. The zero-order valence-corrected chi connectivity index (χ0v) is 19.9. The molecule has 0 fully saturated rings. The predicted octanol–water partition coefficient (Wildman–Crippen LogP) is 3.24. The summed E-state index contributed by atoms with van der Waals surface area (Å²) in [7, 11) is 0. The Kier molecular flexibility index (Phi) is 12.8. The maximum Gasteiger partial charge on any atom is 0.323 e. The minimum Gasteiger partial charge on any atom is -0.461 e. The third-order valence-electron chi connectivity index (χ3n) is 4.57. The van der Waals surface area contributed by atoms with Gasteiger partial charge in [0.2, 0.25) is 0 Å². The van der Waals surface area contributed by atoms with Crippen LogP contribution in [0.15, 0.2) is 18.2 Å². The van der Waals surface area contributed by atoms with E-state index in [1.165, 1.54) is 12.1 Å². The van der Waals surface area contributed by atoms with Gasteiger partial charge in [0, 0.05) is 19.3 Å². The average Bonchev–Trinajstić information content (AvgIpc) is 2.78. The first-order valence-corrected chi connectivity index (χ1v) is 11.4. The van der Waals surface area contributed by atoms with Gasteiger partial charge in [0.05, 0.1) is 0 Å². The van der Waals surface area contributed by atoms with Crippen molar-refractivity contribution >= 4 is 23.9 Å². The molecule has 0 amide bonds. The lowest BCUT2D eigenvalue weighted by atomic mass is 10.1. The summed E-state index contributed by atoms with van der Waals surface area (Å²) >= 11 is 0. The molecular formula is C24H35NO8. The summed E-state index contributed by atoms with van der Waals surface area (Å²) in [6.45, 7) is 6.87. The molecule has 0 saturated heterocycles. The fourth-order valence-electron chi connectivity index (χ4n) is 2.71. The number of ether oxygens (including phenoxy) is 4. The van der Waals surface area contributed by atoms with Crippen molar-refractivity contribution in [3.8, 4) is 11.5 Å². The Morgan fingerprint density at radius 2 is 1.55 bits per heavy atom. The molecule has 0 aliphatic heterocycles. The van der Waals surface area contributed by atoms with E-state index in [0.717, 1.165) is 19.3 Å². The smallest absolute Gasteiger partial charge is 0.323 e. The topological polar surface area (TPSA) is 131 Å². The molecule has 1 aromatic rings. The summed E-state index contributed by atoms with van der Waals surface area (Å²) in [5, 5.41) is 0. The van der Waals surface area contributed by atoms with Crippen molar-refractivity contribution in [3.63, 3.8) is 0 Å². The van der Waals surface area contributed by atoms with Gasteiger partial charge in [-0.2, -0.15) is 0 Å². The van der Waals surface area contributed by atoms with Crippen LogP contribution < -0.4 is 15.2 Å². The van der Waals surface area contributed by atoms with Crippen LogP contribution in [0, 0.1) is 0 Å². The Morgan fingerprint density at radius 3 is 2.15 bits per heavy atom. The SMILES string of the molecule is CCCCCC(=O)O[C@@H](C)COC(=O)[C@@H](N)Cc1ccc(OC(=O)CC)c(OC(=O)CC)c1. The normalized spacial score (nSPS) is 12.4. The van der Waals surface area contributed by atoms with Crippen LogP contribution in [0.5, 0.6) is 11.5 Å². The number of esters is 4. The molecule has 1 aromatic carbocycles. The molecule has 0 heterocycles. The van der Waals surface area contributed by atoms with Crippen molar-refractivity contribution in [1.29, 1.82) is 0 Å². The fraction of sp³-hybridized carbons (Fsp3) is 0.583. The molecule has 0 radical (unpaired) electrons. The molecule has 2 N–H and O–H groups in total. The molecule has 33 heavy (non-hydrogen) atoms. The number of rotatable bonds is 14. The highest BCUT2D eigenvalue weighted by atomic mass is 16.6. The quantitative estimate of drug-likeness (QED) is 0.250. The van der Waals surface area contributed by atoms with Gasteiger partial charge in [0.15, 0.2) is 11.5 Å². The summed E-state index contributed by atoms with van der Waals surface area (Å²) in [6, 6.07) is 3.62. The minimum absolute atomic E-state index is 0.0744. The van der Waals surface area contributed by atoms with Gasteiger partial charge in [-0.1, -0.05) is 39.7 Å². The zero-order valence-electron chi connectivity index (χ0n) is 19.9. The van der Waals surface area contributed by atoms with Crippen LogP contribution in [-0.2, 0) is 35.1 Å². The first kappa shape index (κ1) is 28.1. The summed E-state index contributed by atoms with van der Waals surface area (Å²) < 4.78 is 20.8. The van der Waals surface area contributed by atoms with E-state index in [2.05, 4.69) is 0 Å².